The molecular formula is C20H26N2O4S. The zero-order chi connectivity index (χ0) is 19.9. The second-order valence-corrected chi connectivity index (χ2v) is 8.70. The van der Waals surface area contributed by atoms with Gasteiger partial charge in [-0.3, -0.25) is 4.79 Å². The van der Waals surface area contributed by atoms with E-state index >= 15 is 0 Å². The van der Waals surface area contributed by atoms with Crippen molar-refractivity contribution in [1.29, 1.82) is 0 Å². The summed E-state index contributed by atoms with van der Waals surface area (Å²) in [5.74, 6) is 0.214. The number of sulfone groups is 1. The van der Waals surface area contributed by atoms with Gasteiger partial charge in [-0.15, -0.1) is 0 Å². The van der Waals surface area contributed by atoms with Crippen molar-refractivity contribution < 1.29 is 17.9 Å². The number of benzene rings is 1. The monoisotopic (exact) mass is 390 g/mol. The fraction of sp³-hybridized carbons (Fsp3) is 0.400. The van der Waals surface area contributed by atoms with Crippen molar-refractivity contribution in [3.05, 3.63) is 59.8 Å². The quantitative estimate of drug-likeness (QED) is 0.658. The lowest BCUT2D eigenvalue weighted by Gasteiger charge is -2.27. The molecule has 1 aromatic heterocycles. The molecule has 0 saturated heterocycles. The van der Waals surface area contributed by atoms with Crippen LogP contribution in [0.1, 0.15) is 36.7 Å². The van der Waals surface area contributed by atoms with Crippen LogP contribution >= 0.6 is 0 Å². The molecule has 2 aromatic rings. The van der Waals surface area contributed by atoms with Gasteiger partial charge in [0.15, 0.2) is 9.84 Å². The molecule has 146 valence electrons. The van der Waals surface area contributed by atoms with Gasteiger partial charge in [-0.1, -0.05) is 37.3 Å². The van der Waals surface area contributed by atoms with Crippen molar-refractivity contribution in [3.63, 3.8) is 0 Å². The molecule has 0 fully saturated rings. The molecule has 0 N–H and O–H groups in total. The molecule has 0 radical (unpaired) electrons. The number of ether oxygens (including phenoxy) is 1. The van der Waals surface area contributed by atoms with Crippen molar-refractivity contribution in [2.24, 2.45) is 0 Å². The van der Waals surface area contributed by atoms with Gasteiger partial charge in [0.05, 0.1) is 11.3 Å². The molecule has 1 amide bonds. The summed E-state index contributed by atoms with van der Waals surface area (Å²) in [6.07, 6.45) is 1.46. The summed E-state index contributed by atoms with van der Waals surface area (Å²) in [4.78, 5) is 18.5. The second-order valence-electron chi connectivity index (χ2n) is 6.30. The molecule has 1 aromatic carbocycles. The third-order valence-electron chi connectivity index (χ3n) is 4.28. The molecule has 0 aliphatic rings. The summed E-state index contributed by atoms with van der Waals surface area (Å²) in [5.41, 5.74) is 1.44. The van der Waals surface area contributed by atoms with E-state index < -0.39 is 15.9 Å². The van der Waals surface area contributed by atoms with Crippen molar-refractivity contribution >= 4 is 15.7 Å². The Balaban J connectivity index is 2.02. The van der Waals surface area contributed by atoms with Gasteiger partial charge in [0, 0.05) is 30.6 Å². The van der Waals surface area contributed by atoms with E-state index in [9.17, 15) is 13.2 Å². The van der Waals surface area contributed by atoms with E-state index in [2.05, 4.69) is 4.98 Å². The third kappa shape index (κ3) is 6.06. The number of hydrogen-bond donors (Lipinski definition) is 0. The Kier molecular flexibility index (Phi) is 7.36. The fourth-order valence-electron chi connectivity index (χ4n) is 2.72. The topological polar surface area (TPSA) is 76.6 Å². The average molecular weight is 391 g/mol. The molecular weight excluding hydrogens is 364 g/mol. The minimum absolute atomic E-state index is 0.0468. The van der Waals surface area contributed by atoms with Crippen LogP contribution in [0.5, 0.6) is 5.88 Å². The predicted octanol–water partition coefficient (Wildman–Crippen LogP) is 2.95. The Morgan fingerprint density at radius 2 is 1.85 bits per heavy atom. The maximum absolute atomic E-state index is 12.7. The van der Waals surface area contributed by atoms with Crippen LogP contribution in [-0.4, -0.2) is 48.3 Å². The van der Waals surface area contributed by atoms with E-state index in [1.54, 1.807) is 30.9 Å². The third-order valence-corrected chi connectivity index (χ3v) is 6.15. The van der Waals surface area contributed by atoms with E-state index in [-0.39, 0.29) is 17.4 Å². The second kappa shape index (κ2) is 9.50. The summed E-state index contributed by atoms with van der Waals surface area (Å²) < 4.78 is 29.3. The van der Waals surface area contributed by atoms with Crippen molar-refractivity contribution in [1.82, 2.24) is 9.88 Å². The normalized spacial score (nSPS) is 12.4. The molecule has 7 heteroatoms. The summed E-state index contributed by atoms with van der Waals surface area (Å²) >= 11 is 0. The lowest BCUT2D eigenvalue weighted by molar-refractivity contribution is 0.0718. The largest absolute Gasteiger partial charge is 0.473 e. The number of amides is 1. The average Bonchev–Trinajstić information content (AvgIpc) is 2.67. The molecule has 1 unspecified atom stereocenters. The molecule has 0 spiro atoms. The van der Waals surface area contributed by atoms with E-state index in [0.29, 0.717) is 24.6 Å². The van der Waals surface area contributed by atoms with Gasteiger partial charge >= 0.3 is 0 Å². The van der Waals surface area contributed by atoms with Crippen LogP contribution in [0.15, 0.2) is 48.7 Å². The Bertz CT molecular complexity index is 836. The standard InChI is InChI=1S/C20H26N2O4S/c1-4-22(16(3)15-27(24,25)5-2)20(23)18-11-12-19(21-13-18)26-14-17-9-7-6-8-10-17/h6-13,16H,4-5,14-15H2,1-3H3. The number of carbonyl (C=O) groups is 1. The highest BCUT2D eigenvalue weighted by molar-refractivity contribution is 7.91. The number of hydrogen-bond acceptors (Lipinski definition) is 5. The van der Waals surface area contributed by atoms with Crippen molar-refractivity contribution in [3.8, 4) is 5.88 Å². The number of rotatable bonds is 9. The molecule has 0 aliphatic heterocycles. The molecule has 6 nitrogen and oxygen atoms in total. The molecule has 0 saturated carbocycles. The summed E-state index contributed by atoms with van der Waals surface area (Å²) in [5, 5.41) is 0. The first-order chi connectivity index (χ1) is 12.9. The van der Waals surface area contributed by atoms with E-state index in [4.69, 9.17) is 4.74 Å². The van der Waals surface area contributed by atoms with Crippen LogP contribution in [0.2, 0.25) is 0 Å². The Labute approximate surface area is 161 Å². The number of carbonyl (C=O) groups excluding carboxylic acids is 1. The van der Waals surface area contributed by atoms with Crippen molar-refractivity contribution in [2.45, 2.75) is 33.4 Å². The maximum atomic E-state index is 12.7. The summed E-state index contributed by atoms with van der Waals surface area (Å²) in [6, 6.07) is 12.6. The fourth-order valence-corrected chi connectivity index (χ4v) is 3.87. The van der Waals surface area contributed by atoms with Gasteiger partial charge in [0.2, 0.25) is 5.88 Å². The maximum Gasteiger partial charge on any atom is 0.255 e. The minimum Gasteiger partial charge on any atom is -0.473 e. The van der Waals surface area contributed by atoms with Gasteiger partial charge < -0.3 is 9.64 Å². The summed E-state index contributed by atoms with van der Waals surface area (Å²) in [6.45, 7) is 6.01. The Hall–Kier alpha value is -2.41. The molecule has 2 rings (SSSR count). The van der Waals surface area contributed by atoms with E-state index in [1.807, 2.05) is 37.3 Å². The first-order valence-corrected chi connectivity index (χ1v) is 10.8. The number of nitrogens with zero attached hydrogens (tertiary/aromatic N) is 2. The Morgan fingerprint density at radius 1 is 1.15 bits per heavy atom. The summed E-state index contributed by atoms with van der Waals surface area (Å²) in [7, 11) is -3.16. The van der Waals surface area contributed by atoms with Crippen LogP contribution in [0.3, 0.4) is 0 Å². The van der Waals surface area contributed by atoms with E-state index in [0.717, 1.165) is 5.56 Å². The highest BCUT2D eigenvalue weighted by Crippen LogP contribution is 2.14. The molecule has 0 aliphatic carbocycles. The van der Waals surface area contributed by atoms with Gasteiger partial charge in [0.1, 0.15) is 6.61 Å². The lowest BCUT2D eigenvalue weighted by atomic mass is 10.2. The molecule has 1 heterocycles. The van der Waals surface area contributed by atoms with E-state index in [1.165, 1.54) is 6.20 Å². The number of aromatic nitrogens is 1. The van der Waals surface area contributed by atoms with Gasteiger partial charge in [-0.05, 0) is 25.5 Å². The molecule has 27 heavy (non-hydrogen) atoms. The van der Waals surface area contributed by atoms with Crippen LogP contribution in [-0.2, 0) is 16.4 Å². The predicted molar refractivity (Wildman–Crippen MR) is 106 cm³/mol. The highest BCUT2D eigenvalue weighted by Gasteiger charge is 2.24. The first kappa shape index (κ1) is 20.9. The molecule has 1 atom stereocenters. The van der Waals surface area contributed by atoms with Crippen LogP contribution in [0.25, 0.3) is 0 Å². The number of pyridine rings is 1. The SMILES string of the molecule is CCN(C(=O)c1ccc(OCc2ccccc2)nc1)C(C)CS(=O)(=O)CC. The Morgan fingerprint density at radius 3 is 2.41 bits per heavy atom. The van der Waals surface area contributed by atoms with Crippen molar-refractivity contribution in [2.75, 3.05) is 18.1 Å². The highest BCUT2D eigenvalue weighted by atomic mass is 32.2. The van der Waals surface area contributed by atoms with Crippen LogP contribution in [0, 0.1) is 0 Å². The van der Waals surface area contributed by atoms with Gasteiger partial charge in [0.25, 0.3) is 5.91 Å². The lowest BCUT2D eigenvalue weighted by Crippen LogP contribution is -2.42. The minimum atomic E-state index is -3.16. The smallest absolute Gasteiger partial charge is 0.255 e. The van der Waals surface area contributed by atoms with Crippen LogP contribution in [0.4, 0.5) is 0 Å². The zero-order valence-corrected chi connectivity index (χ0v) is 16.8. The first-order valence-electron chi connectivity index (χ1n) is 9.00. The van der Waals surface area contributed by atoms with Gasteiger partial charge in [-0.2, -0.15) is 0 Å². The van der Waals surface area contributed by atoms with Gasteiger partial charge in [-0.25, -0.2) is 13.4 Å². The van der Waals surface area contributed by atoms with Crippen LogP contribution < -0.4 is 4.74 Å². The zero-order valence-electron chi connectivity index (χ0n) is 16.0. The molecule has 0 bridgehead atoms.